The number of nitrogen functional groups attached to an aromatic ring is 1. The van der Waals surface area contributed by atoms with E-state index in [1.807, 2.05) is 6.92 Å². The number of nitrogens with one attached hydrogen (secondary N) is 1. The highest BCUT2D eigenvalue weighted by Gasteiger charge is 2.15. The quantitative estimate of drug-likeness (QED) is 0.558. The smallest absolute Gasteiger partial charge is 0.223 e. The molecule has 0 saturated heterocycles. The maximum Gasteiger partial charge on any atom is 0.223 e. The van der Waals surface area contributed by atoms with Crippen molar-refractivity contribution in [2.75, 3.05) is 5.73 Å². The van der Waals surface area contributed by atoms with Gasteiger partial charge in [0.25, 0.3) is 0 Å². The Morgan fingerprint density at radius 2 is 1.82 bits per heavy atom. The van der Waals surface area contributed by atoms with Crippen LogP contribution in [0, 0.1) is 19.7 Å². The predicted molar refractivity (Wildman–Crippen MR) is 107 cm³/mol. The Bertz CT molecular complexity index is 1130. The van der Waals surface area contributed by atoms with Crippen molar-refractivity contribution in [2.45, 2.75) is 26.9 Å². The third-order valence-corrected chi connectivity index (χ3v) is 4.62. The minimum absolute atomic E-state index is 0.220. The largest absolute Gasteiger partial charge is 0.368 e. The molecule has 2 heterocycles. The highest BCUT2D eigenvalue weighted by molar-refractivity contribution is 5.71. The number of nitrogens with zero attached hydrogens (tertiary/aromatic N) is 4. The monoisotopic (exact) mass is 376 g/mol. The molecule has 4 rings (SSSR count). The molecule has 28 heavy (non-hydrogen) atoms. The standard InChI is InChI=1S/C21H21FN6/c1-13-6-8-15(9-7-13)11-24-12-18-25-20-14(2)19(26-21(23)28(20)27-18)16-4-3-5-17(22)10-16/h3-10,24H,11-12H2,1-2H3,(H2,23,26). The number of rotatable bonds is 5. The van der Waals surface area contributed by atoms with E-state index in [9.17, 15) is 4.39 Å². The van der Waals surface area contributed by atoms with Crippen LogP contribution in [0.25, 0.3) is 16.9 Å². The van der Waals surface area contributed by atoms with E-state index in [0.717, 1.165) is 12.1 Å². The molecule has 2 aromatic heterocycles. The summed E-state index contributed by atoms with van der Waals surface area (Å²) >= 11 is 0. The predicted octanol–water partition coefficient (Wildman–Crippen LogP) is 3.42. The Labute approximate surface area is 162 Å². The van der Waals surface area contributed by atoms with E-state index in [2.05, 4.69) is 51.6 Å². The molecule has 0 spiro atoms. The van der Waals surface area contributed by atoms with Gasteiger partial charge in [-0.1, -0.05) is 42.0 Å². The molecular formula is C21H21FN6. The second kappa shape index (κ2) is 7.36. The fourth-order valence-electron chi connectivity index (χ4n) is 3.13. The van der Waals surface area contributed by atoms with Gasteiger partial charge in [-0.2, -0.15) is 4.52 Å². The van der Waals surface area contributed by atoms with E-state index in [-0.39, 0.29) is 11.8 Å². The molecule has 0 aliphatic heterocycles. The van der Waals surface area contributed by atoms with Crippen molar-refractivity contribution in [2.24, 2.45) is 0 Å². The summed E-state index contributed by atoms with van der Waals surface area (Å²) in [4.78, 5) is 9.02. The van der Waals surface area contributed by atoms with Crippen LogP contribution >= 0.6 is 0 Å². The van der Waals surface area contributed by atoms with Crippen LogP contribution in [0.15, 0.2) is 48.5 Å². The maximum absolute atomic E-state index is 13.6. The first-order valence-electron chi connectivity index (χ1n) is 9.05. The van der Waals surface area contributed by atoms with E-state index in [0.29, 0.717) is 29.3 Å². The minimum atomic E-state index is -0.320. The van der Waals surface area contributed by atoms with Crippen molar-refractivity contribution < 1.29 is 4.39 Å². The fourth-order valence-corrected chi connectivity index (χ4v) is 3.13. The van der Waals surface area contributed by atoms with Crippen LogP contribution in [0.4, 0.5) is 10.3 Å². The summed E-state index contributed by atoms with van der Waals surface area (Å²) in [5.74, 6) is 0.525. The SMILES string of the molecule is Cc1ccc(CNCc2nc3c(C)c(-c4cccc(F)c4)nc(N)n3n2)cc1. The molecule has 3 N–H and O–H groups in total. The summed E-state index contributed by atoms with van der Waals surface area (Å²) in [6.45, 7) is 5.18. The first kappa shape index (κ1) is 18.1. The third-order valence-electron chi connectivity index (χ3n) is 4.62. The average Bonchev–Trinajstić information content (AvgIpc) is 3.11. The van der Waals surface area contributed by atoms with Crippen molar-refractivity contribution in [3.8, 4) is 11.3 Å². The van der Waals surface area contributed by atoms with Crippen LogP contribution in [0.2, 0.25) is 0 Å². The number of hydrogen-bond acceptors (Lipinski definition) is 5. The lowest BCUT2D eigenvalue weighted by atomic mass is 10.1. The summed E-state index contributed by atoms with van der Waals surface area (Å²) in [5.41, 5.74) is 11.2. The Balaban J connectivity index is 1.59. The van der Waals surface area contributed by atoms with E-state index < -0.39 is 0 Å². The minimum Gasteiger partial charge on any atom is -0.368 e. The number of anilines is 1. The molecular weight excluding hydrogens is 355 g/mol. The molecule has 0 atom stereocenters. The van der Waals surface area contributed by atoms with Gasteiger partial charge in [0.1, 0.15) is 5.82 Å². The van der Waals surface area contributed by atoms with E-state index in [1.54, 1.807) is 12.1 Å². The third kappa shape index (κ3) is 3.57. The van der Waals surface area contributed by atoms with Gasteiger partial charge in [0, 0.05) is 17.7 Å². The second-order valence-electron chi connectivity index (χ2n) is 6.81. The lowest BCUT2D eigenvalue weighted by Crippen LogP contribution is -2.14. The molecule has 6 nitrogen and oxygen atoms in total. The molecule has 2 aromatic carbocycles. The lowest BCUT2D eigenvalue weighted by molar-refractivity contribution is 0.628. The molecule has 0 aliphatic carbocycles. The van der Waals surface area contributed by atoms with Gasteiger partial charge in [0.15, 0.2) is 11.5 Å². The number of hydrogen-bond donors (Lipinski definition) is 2. The second-order valence-corrected chi connectivity index (χ2v) is 6.81. The summed E-state index contributed by atoms with van der Waals surface area (Å²) in [6, 6.07) is 14.6. The zero-order chi connectivity index (χ0) is 19.7. The van der Waals surface area contributed by atoms with Crippen molar-refractivity contribution in [3.63, 3.8) is 0 Å². The molecule has 0 radical (unpaired) electrons. The topological polar surface area (TPSA) is 81.1 Å². The number of halogens is 1. The first-order valence-corrected chi connectivity index (χ1v) is 9.05. The van der Waals surface area contributed by atoms with Crippen molar-refractivity contribution in [1.29, 1.82) is 0 Å². The number of benzene rings is 2. The van der Waals surface area contributed by atoms with Gasteiger partial charge in [-0.05, 0) is 31.5 Å². The molecule has 142 valence electrons. The summed E-state index contributed by atoms with van der Waals surface area (Å²) < 4.78 is 15.1. The molecule has 0 unspecified atom stereocenters. The van der Waals surface area contributed by atoms with Crippen molar-refractivity contribution in [1.82, 2.24) is 24.9 Å². The summed E-state index contributed by atoms with van der Waals surface area (Å²) in [7, 11) is 0. The Hall–Kier alpha value is -3.32. The van der Waals surface area contributed by atoms with E-state index in [1.165, 1.54) is 27.8 Å². The molecule has 4 aromatic rings. The van der Waals surface area contributed by atoms with Gasteiger partial charge >= 0.3 is 0 Å². The molecule has 7 heteroatoms. The van der Waals surface area contributed by atoms with Crippen LogP contribution in [-0.2, 0) is 13.1 Å². The Kier molecular flexibility index (Phi) is 4.75. The molecule has 0 aliphatic rings. The van der Waals surface area contributed by atoms with Gasteiger partial charge in [0.2, 0.25) is 5.95 Å². The van der Waals surface area contributed by atoms with Gasteiger partial charge < -0.3 is 11.1 Å². The first-order chi connectivity index (χ1) is 13.5. The van der Waals surface area contributed by atoms with E-state index >= 15 is 0 Å². The number of aryl methyl sites for hydroxylation is 2. The summed E-state index contributed by atoms with van der Waals surface area (Å²) in [5, 5.41) is 7.79. The van der Waals surface area contributed by atoms with Gasteiger partial charge in [-0.25, -0.2) is 14.4 Å². The van der Waals surface area contributed by atoms with Crippen molar-refractivity contribution in [3.05, 3.63) is 76.9 Å². The van der Waals surface area contributed by atoms with Crippen LogP contribution in [0.1, 0.15) is 22.5 Å². The lowest BCUT2D eigenvalue weighted by Gasteiger charge is -2.08. The normalized spacial score (nSPS) is 11.2. The molecule has 0 bridgehead atoms. The van der Waals surface area contributed by atoms with Gasteiger partial charge in [0.05, 0.1) is 12.2 Å². The Morgan fingerprint density at radius 1 is 1.04 bits per heavy atom. The number of fused-ring (bicyclic) bond motifs is 1. The van der Waals surface area contributed by atoms with E-state index in [4.69, 9.17) is 5.73 Å². The van der Waals surface area contributed by atoms with Gasteiger partial charge in [-0.15, -0.1) is 5.10 Å². The van der Waals surface area contributed by atoms with Gasteiger partial charge in [-0.3, -0.25) is 0 Å². The Morgan fingerprint density at radius 3 is 2.57 bits per heavy atom. The van der Waals surface area contributed by atoms with Crippen LogP contribution in [0.5, 0.6) is 0 Å². The highest BCUT2D eigenvalue weighted by Crippen LogP contribution is 2.25. The van der Waals surface area contributed by atoms with Crippen LogP contribution in [0.3, 0.4) is 0 Å². The zero-order valence-corrected chi connectivity index (χ0v) is 15.8. The zero-order valence-electron chi connectivity index (χ0n) is 15.8. The average molecular weight is 376 g/mol. The highest BCUT2D eigenvalue weighted by atomic mass is 19.1. The number of nitrogens with two attached hydrogens (primary N) is 1. The molecule has 0 amide bonds. The van der Waals surface area contributed by atoms with Crippen molar-refractivity contribution >= 4 is 11.6 Å². The van der Waals surface area contributed by atoms with Crippen LogP contribution in [-0.4, -0.2) is 19.6 Å². The van der Waals surface area contributed by atoms with Crippen LogP contribution < -0.4 is 11.1 Å². The number of aromatic nitrogens is 4. The summed E-state index contributed by atoms with van der Waals surface area (Å²) in [6.07, 6.45) is 0. The molecule has 0 fully saturated rings. The maximum atomic E-state index is 13.6. The molecule has 0 saturated carbocycles. The fraction of sp³-hybridized carbons (Fsp3) is 0.190.